The lowest BCUT2D eigenvalue weighted by molar-refractivity contribution is -0.139. The third-order valence-corrected chi connectivity index (χ3v) is 5.70. The molecule has 2 rings (SSSR count). The van der Waals surface area contributed by atoms with Gasteiger partial charge in [0.2, 0.25) is 0 Å². The molecule has 0 aliphatic heterocycles. The van der Waals surface area contributed by atoms with E-state index in [2.05, 4.69) is 5.09 Å². The molecule has 0 aromatic heterocycles. The van der Waals surface area contributed by atoms with Gasteiger partial charge in [0.05, 0.1) is 12.8 Å². The molecular formula is C18H22NO6P. The number of aliphatic carboxylic acids is 2. The Morgan fingerprint density at radius 3 is 2.27 bits per heavy atom. The lowest BCUT2D eigenvalue weighted by atomic mass is 10.0. The molecule has 2 aromatic carbocycles. The Morgan fingerprint density at radius 2 is 1.62 bits per heavy atom. The number of carbonyl (C=O) groups is 2. The van der Waals surface area contributed by atoms with Crippen LogP contribution < -0.4 is 5.09 Å². The van der Waals surface area contributed by atoms with Crippen molar-refractivity contribution < 1.29 is 29.3 Å². The molecule has 7 nitrogen and oxygen atoms in total. The molecule has 140 valence electrons. The van der Waals surface area contributed by atoms with Gasteiger partial charge in [-0.25, -0.2) is 5.09 Å². The Kier molecular flexibility index (Phi) is 6.91. The molecular weight excluding hydrogens is 357 g/mol. The van der Waals surface area contributed by atoms with E-state index in [0.717, 1.165) is 16.3 Å². The highest BCUT2D eigenvalue weighted by molar-refractivity contribution is 7.55. The van der Waals surface area contributed by atoms with Crippen molar-refractivity contribution in [1.82, 2.24) is 5.09 Å². The molecule has 0 spiro atoms. The standard InChI is InChI=1S/C18H22NO6P/c20-17(21)11-15(12-18(22)23)19-26(24,25)10-4-8-14-7-3-6-13-5-1-2-9-16(13)14/h1-3,5-7,9,15H,4,8,10-12H2,(H,20,21)(H,22,23)(H2,19,24,25). The van der Waals surface area contributed by atoms with Crippen molar-refractivity contribution in [3.05, 3.63) is 48.0 Å². The summed E-state index contributed by atoms with van der Waals surface area (Å²) in [6, 6.07) is 12.7. The predicted octanol–water partition coefficient (Wildman–Crippen LogP) is 2.87. The van der Waals surface area contributed by atoms with E-state index in [9.17, 15) is 19.0 Å². The fourth-order valence-electron chi connectivity index (χ4n) is 2.93. The van der Waals surface area contributed by atoms with Crippen molar-refractivity contribution in [3.8, 4) is 0 Å². The fourth-order valence-corrected chi connectivity index (χ4v) is 4.40. The van der Waals surface area contributed by atoms with Gasteiger partial charge in [0.25, 0.3) is 7.52 Å². The first kappa shape index (κ1) is 20.1. The van der Waals surface area contributed by atoms with Crippen LogP contribution in [-0.2, 0) is 20.6 Å². The Balaban J connectivity index is 1.97. The molecule has 4 N–H and O–H groups in total. The van der Waals surface area contributed by atoms with Gasteiger partial charge >= 0.3 is 11.9 Å². The van der Waals surface area contributed by atoms with Crippen molar-refractivity contribution in [2.45, 2.75) is 31.7 Å². The third-order valence-electron chi connectivity index (χ3n) is 4.01. The van der Waals surface area contributed by atoms with Gasteiger partial charge in [-0.1, -0.05) is 42.5 Å². The Bertz CT molecular complexity index is 816. The maximum atomic E-state index is 12.3. The number of aryl methyl sites for hydroxylation is 1. The van der Waals surface area contributed by atoms with E-state index in [4.69, 9.17) is 10.2 Å². The van der Waals surface area contributed by atoms with E-state index < -0.39 is 38.3 Å². The summed E-state index contributed by atoms with van der Waals surface area (Å²) in [5.74, 6) is -2.45. The number of carboxylic acid groups (broad SMARTS) is 2. The number of benzene rings is 2. The zero-order valence-electron chi connectivity index (χ0n) is 14.2. The minimum atomic E-state index is -3.84. The van der Waals surface area contributed by atoms with Crippen LogP contribution in [0.25, 0.3) is 10.8 Å². The van der Waals surface area contributed by atoms with Gasteiger partial charge in [-0.15, -0.1) is 0 Å². The summed E-state index contributed by atoms with van der Waals surface area (Å²) in [7, 11) is -3.84. The van der Waals surface area contributed by atoms with Crippen molar-refractivity contribution in [2.75, 3.05) is 6.16 Å². The predicted molar refractivity (Wildman–Crippen MR) is 98.4 cm³/mol. The smallest absolute Gasteiger partial charge is 0.304 e. The second kappa shape index (κ2) is 8.94. The van der Waals surface area contributed by atoms with Crippen LogP contribution in [0.15, 0.2) is 42.5 Å². The molecule has 0 radical (unpaired) electrons. The highest BCUT2D eigenvalue weighted by atomic mass is 31.2. The zero-order chi connectivity index (χ0) is 19.2. The molecule has 26 heavy (non-hydrogen) atoms. The highest BCUT2D eigenvalue weighted by Gasteiger charge is 2.26. The quantitative estimate of drug-likeness (QED) is 0.468. The van der Waals surface area contributed by atoms with Crippen molar-refractivity contribution in [2.24, 2.45) is 0 Å². The molecule has 8 heteroatoms. The van der Waals surface area contributed by atoms with Crippen LogP contribution in [0.5, 0.6) is 0 Å². The van der Waals surface area contributed by atoms with Crippen LogP contribution in [-0.4, -0.2) is 39.2 Å². The van der Waals surface area contributed by atoms with Crippen LogP contribution in [0.3, 0.4) is 0 Å². The average molecular weight is 379 g/mol. The molecule has 1 atom stereocenters. The van der Waals surface area contributed by atoms with Crippen LogP contribution in [0.1, 0.15) is 24.8 Å². The monoisotopic (exact) mass is 379 g/mol. The molecule has 0 aliphatic rings. The van der Waals surface area contributed by atoms with Crippen molar-refractivity contribution in [3.63, 3.8) is 0 Å². The Hall–Kier alpha value is -2.21. The summed E-state index contributed by atoms with van der Waals surface area (Å²) in [5, 5.41) is 22.1. The summed E-state index contributed by atoms with van der Waals surface area (Å²) in [5.41, 5.74) is 1.07. The maximum Gasteiger partial charge on any atom is 0.304 e. The highest BCUT2D eigenvalue weighted by Crippen LogP contribution is 2.38. The van der Waals surface area contributed by atoms with Crippen molar-refractivity contribution in [1.29, 1.82) is 0 Å². The first-order chi connectivity index (χ1) is 12.3. The van der Waals surface area contributed by atoms with Gasteiger partial charge in [-0.3, -0.25) is 14.2 Å². The summed E-state index contributed by atoms with van der Waals surface area (Å²) in [4.78, 5) is 31.7. The van der Waals surface area contributed by atoms with Gasteiger partial charge in [-0.05, 0) is 29.2 Å². The second-order valence-electron chi connectivity index (χ2n) is 6.19. The SMILES string of the molecule is O=C(O)CC(CC(=O)O)NP(=O)(O)CCCc1cccc2ccccc12. The van der Waals surface area contributed by atoms with Gasteiger partial charge in [0.15, 0.2) is 0 Å². The number of carboxylic acids is 2. The minimum Gasteiger partial charge on any atom is -0.481 e. The molecule has 1 unspecified atom stereocenters. The van der Waals surface area contributed by atoms with E-state index in [1.54, 1.807) is 0 Å². The molecule has 0 aliphatic carbocycles. The number of hydrogen-bond acceptors (Lipinski definition) is 3. The number of rotatable bonds is 10. The first-order valence-electron chi connectivity index (χ1n) is 8.27. The van der Waals surface area contributed by atoms with Gasteiger partial charge < -0.3 is 15.1 Å². The Morgan fingerprint density at radius 1 is 1.00 bits per heavy atom. The van der Waals surface area contributed by atoms with E-state index >= 15 is 0 Å². The Labute approximate surface area is 151 Å². The molecule has 2 aromatic rings. The lowest BCUT2D eigenvalue weighted by Crippen LogP contribution is -2.32. The van der Waals surface area contributed by atoms with Gasteiger partial charge in [-0.2, -0.15) is 0 Å². The normalized spacial score (nSPS) is 13.6. The lowest BCUT2D eigenvalue weighted by Gasteiger charge is -2.20. The van der Waals surface area contributed by atoms with Gasteiger partial charge in [0, 0.05) is 12.2 Å². The zero-order valence-corrected chi connectivity index (χ0v) is 15.1. The van der Waals surface area contributed by atoms with Crippen LogP contribution in [0.4, 0.5) is 0 Å². The summed E-state index contributed by atoms with van der Waals surface area (Å²) < 4.78 is 12.3. The molecule has 0 bridgehead atoms. The summed E-state index contributed by atoms with van der Waals surface area (Å²) in [6.07, 6.45) is -0.107. The third kappa shape index (κ3) is 6.26. The largest absolute Gasteiger partial charge is 0.481 e. The van der Waals surface area contributed by atoms with E-state index in [-0.39, 0.29) is 6.16 Å². The first-order valence-corrected chi connectivity index (χ1v) is 10.1. The number of hydrogen-bond donors (Lipinski definition) is 4. The van der Waals surface area contributed by atoms with E-state index in [1.807, 2.05) is 42.5 Å². The maximum absolute atomic E-state index is 12.3. The molecule has 0 fully saturated rings. The molecule has 0 saturated carbocycles. The summed E-state index contributed by atoms with van der Waals surface area (Å²) >= 11 is 0. The number of nitrogens with one attached hydrogen (secondary N) is 1. The van der Waals surface area contributed by atoms with Crippen LogP contribution in [0.2, 0.25) is 0 Å². The van der Waals surface area contributed by atoms with E-state index in [1.165, 1.54) is 0 Å². The number of fused-ring (bicyclic) bond motifs is 1. The molecule has 0 saturated heterocycles. The average Bonchev–Trinajstić information content (AvgIpc) is 2.53. The fraction of sp³-hybridized carbons (Fsp3) is 0.333. The summed E-state index contributed by atoms with van der Waals surface area (Å²) in [6.45, 7) is 0. The van der Waals surface area contributed by atoms with Crippen LogP contribution in [0, 0.1) is 0 Å². The molecule has 0 amide bonds. The molecule has 0 heterocycles. The van der Waals surface area contributed by atoms with E-state index in [0.29, 0.717) is 12.8 Å². The topological polar surface area (TPSA) is 124 Å². The van der Waals surface area contributed by atoms with Gasteiger partial charge in [0.1, 0.15) is 0 Å². The van der Waals surface area contributed by atoms with Crippen molar-refractivity contribution >= 4 is 30.2 Å². The second-order valence-corrected chi connectivity index (χ2v) is 8.30. The van der Waals surface area contributed by atoms with Crippen LogP contribution >= 0.6 is 7.52 Å². The minimum absolute atomic E-state index is 0.0635.